The first-order valence-electron chi connectivity index (χ1n) is 8.87. The summed E-state index contributed by atoms with van der Waals surface area (Å²) in [5, 5.41) is 7.67. The predicted molar refractivity (Wildman–Crippen MR) is 117 cm³/mol. The molecule has 1 aromatic carbocycles. The molecule has 0 atom stereocenters. The number of benzene rings is 1. The summed E-state index contributed by atoms with van der Waals surface area (Å²) in [6.45, 7) is 6.21. The lowest BCUT2D eigenvalue weighted by atomic mass is 9.95. The SMILES string of the molecule is CCNC(=NCc1ncc(CC)s1)NCC1(c2ccccc2F)CC1.I. The molecule has 1 aliphatic rings. The summed E-state index contributed by atoms with van der Waals surface area (Å²) in [4.78, 5) is 10.3. The van der Waals surface area contributed by atoms with Crippen molar-refractivity contribution in [3.05, 3.63) is 51.7 Å². The summed E-state index contributed by atoms with van der Waals surface area (Å²) in [5.41, 5.74) is 0.712. The number of aliphatic imine (C=N–C) groups is 1. The number of nitrogens with zero attached hydrogens (tertiary/aromatic N) is 2. The number of hydrogen-bond acceptors (Lipinski definition) is 3. The zero-order valence-electron chi connectivity index (χ0n) is 15.2. The zero-order valence-corrected chi connectivity index (χ0v) is 18.4. The van der Waals surface area contributed by atoms with E-state index in [2.05, 4.69) is 27.5 Å². The fourth-order valence-corrected chi connectivity index (χ4v) is 3.70. The molecule has 4 nitrogen and oxygen atoms in total. The van der Waals surface area contributed by atoms with Gasteiger partial charge < -0.3 is 10.6 Å². The minimum absolute atomic E-state index is 0. The van der Waals surface area contributed by atoms with E-state index in [9.17, 15) is 4.39 Å². The second-order valence-corrected chi connectivity index (χ2v) is 7.58. The Kier molecular flexibility index (Phi) is 7.82. The van der Waals surface area contributed by atoms with Gasteiger partial charge in [-0.05, 0) is 37.8 Å². The molecule has 26 heavy (non-hydrogen) atoms. The monoisotopic (exact) mass is 488 g/mol. The lowest BCUT2D eigenvalue weighted by molar-refractivity contribution is 0.559. The average Bonchev–Trinajstić information content (AvgIpc) is 3.27. The van der Waals surface area contributed by atoms with Crippen LogP contribution in [0.5, 0.6) is 0 Å². The molecule has 2 aromatic rings. The summed E-state index contributed by atoms with van der Waals surface area (Å²) >= 11 is 1.70. The second kappa shape index (κ2) is 9.64. The number of guanidine groups is 1. The molecule has 1 fully saturated rings. The highest BCUT2D eigenvalue weighted by atomic mass is 127. The van der Waals surface area contributed by atoms with E-state index in [1.54, 1.807) is 23.5 Å². The maximum absolute atomic E-state index is 14.1. The molecule has 1 saturated carbocycles. The van der Waals surface area contributed by atoms with Crippen molar-refractivity contribution in [2.45, 2.75) is 45.1 Å². The average molecular weight is 488 g/mol. The molecular weight excluding hydrogens is 462 g/mol. The van der Waals surface area contributed by atoms with Crippen LogP contribution in [0.15, 0.2) is 35.5 Å². The Balaban J connectivity index is 0.00000243. The first-order chi connectivity index (χ1) is 12.2. The number of aromatic nitrogens is 1. The van der Waals surface area contributed by atoms with Crippen LogP contribution in [-0.2, 0) is 18.4 Å². The number of aryl methyl sites for hydroxylation is 1. The van der Waals surface area contributed by atoms with Gasteiger partial charge in [0.25, 0.3) is 0 Å². The van der Waals surface area contributed by atoms with E-state index < -0.39 is 0 Å². The molecule has 2 N–H and O–H groups in total. The first kappa shape index (κ1) is 21.1. The number of hydrogen-bond donors (Lipinski definition) is 2. The van der Waals surface area contributed by atoms with Crippen molar-refractivity contribution in [3.63, 3.8) is 0 Å². The van der Waals surface area contributed by atoms with Crippen molar-refractivity contribution < 1.29 is 4.39 Å². The van der Waals surface area contributed by atoms with Crippen LogP contribution in [-0.4, -0.2) is 24.0 Å². The summed E-state index contributed by atoms with van der Waals surface area (Å²) < 4.78 is 14.1. The van der Waals surface area contributed by atoms with Gasteiger partial charge in [-0.25, -0.2) is 14.4 Å². The normalized spacial score (nSPS) is 15.3. The van der Waals surface area contributed by atoms with E-state index in [4.69, 9.17) is 0 Å². The molecule has 0 radical (unpaired) electrons. The number of halogens is 2. The standard InChI is InChI=1S/C19H25FN4S.HI/c1-3-14-11-22-17(25-14)12-23-18(21-4-2)24-13-19(9-10-19)15-7-5-6-8-16(15)20;/h5-8,11H,3-4,9-10,12-13H2,1-2H3,(H2,21,23,24);1H. The van der Waals surface area contributed by atoms with E-state index >= 15 is 0 Å². The second-order valence-electron chi connectivity index (χ2n) is 6.38. The van der Waals surface area contributed by atoms with Gasteiger partial charge >= 0.3 is 0 Å². The Bertz CT molecular complexity index is 743. The molecule has 1 aromatic heterocycles. The smallest absolute Gasteiger partial charge is 0.191 e. The minimum Gasteiger partial charge on any atom is -0.357 e. The summed E-state index contributed by atoms with van der Waals surface area (Å²) in [7, 11) is 0. The summed E-state index contributed by atoms with van der Waals surface area (Å²) in [6, 6.07) is 7.09. The molecule has 1 aliphatic carbocycles. The van der Waals surface area contributed by atoms with Gasteiger partial charge in [-0.3, -0.25) is 0 Å². The van der Waals surface area contributed by atoms with E-state index in [-0.39, 0.29) is 35.2 Å². The summed E-state index contributed by atoms with van der Waals surface area (Å²) in [5.74, 6) is 0.650. The van der Waals surface area contributed by atoms with Gasteiger partial charge in [-0.2, -0.15) is 0 Å². The van der Waals surface area contributed by atoms with E-state index in [0.29, 0.717) is 13.1 Å². The van der Waals surface area contributed by atoms with Gasteiger partial charge in [-0.1, -0.05) is 25.1 Å². The van der Waals surface area contributed by atoms with Crippen LogP contribution in [0.3, 0.4) is 0 Å². The molecular formula is C19H26FIN4S. The Labute approximate surface area is 175 Å². The number of nitrogens with one attached hydrogen (secondary N) is 2. The van der Waals surface area contributed by atoms with Gasteiger partial charge in [0.2, 0.25) is 0 Å². The maximum Gasteiger partial charge on any atom is 0.191 e. The molecule has 142 valence electrons. The third-order valence-electron chi connectivity index (χ3n) is 4.56. The maximum atomic E-state index is 14.1. The third-order valence-corrected chi connectivity index (χ3v) is 5.69. The fourth-order valence-electron chi connectivity index (χ4n) is 2.91. The van der Waals surface area contributed by atoms with Crippen LogP contribution in [0.4, 0.5) is 4.39 Å². The van der Waals surface area contributed by atoms with Crippen LogP contribution in [0.2, 0.25) is 0 Å². The van der Waals surface area contributed by atoms with Crippen molar-refractivity contribution >= 4 is 41.3 Å². The van der Waals surface area contributed by atoms with Gasteiger partial charge in [0.05, 0.1) is 6.54 Å². The molecule has 3 rings (SSSR count). The van der Waals surface area contributed by atoms with Crippen molar-refractivity contribution in [1.82, 2.24) is 15.6 Å². The molecule has 0 bridgehead atoms. The highest BCUT2D eigenvalue weighted by Gasteiger charge is 2.45. The Morgan fingerprint density at radius 2 is 2.04 bits per heavy atom. The molecule has 0 aliphatic heterocycles. The van der Waals surface area contributed by atoms with Crippen molar-refractivity contribution in [2.75, 3.05) is 13.1 Å². The predicted octanol–water partition coefficient (Wildman–Crippen LogP) is 4.25. The van der Waals surface area contributed by atoms with Crippen LogP contribution in [0.25, 0.3) is 0 Å². The first-order valence-corrected chi connectivity index (χ1v) is 9.69. The van der Waals surface area contributed by atoms with E-state index in [1.807, 2.05) is 25.3 Å². The molecule has 0 unspecified atom stereocenters. The lowest BCUT2D eigenvalue weighted by Crippen LogP contribution is -2.41. The van der Waals surface area contributed by atoms with E-state index in [1.165, 1.54) is 4.88 Å². The molecule has 0 spiro atoms. The Hall–Kier alpha value is -1.22. The fraction of sp³-hybridized carbons (Fsp3) is 0.474. The molecule has 0 amide bonds. The Morgan fingerprint density at radius 3 is 2.65 bits per heavy atom. The van der Waals surface area contributed by atoms with Crippen molar-refractivity contribution in [2.24, 2.45) is 4.99 Å². The van der Waals surface area contributed by atoms with Gasteiger partial charge in [0.1, 0.15) is 10.8 Å². The summed E-state index contributed by atoms with van der Waals surface area (Å²) in [6.07, 6.45) is 4.94. The lowest BCUT2D eigenvalue weighted by Gasteiger charge is -2.19. The van der Waals surface area contributed by atoms with Crippen LogP contribution in [0.1, 0.15) is 42.1 Å². The topological polar surface area (TPSA) is 49.3 Å². The molecule has 1 heterocycles. The van der Waals surface area contributed by atoms with Crippen LogP contribution in [0, 0.1) is 5.82 Å². The molecule has 0 saturated heterocycles. The van der Waals surface area contributed by atoms with Crippen LogP contribution < -0.4 is 10.6 Å². The molecule has 7 heteroatoms. The quantitative estimate of drug-likeness (QED) is 0.348. The Morgan fingerprint density at radius 1 is 1.27 bits per heavy atom. The van der Waals surface area contributed by atoms with Gasteiger partial charge in [-0.15, -0.1) is 35.3 Å². The van der Waals surface area contributed by atoms with Gasteiger partial charge in [0, 0.05) is 29.6 Å². The number of thiazole rings is 1. The van der Waals surface area contributed by atoms with Crippen molar-refractivity contribution in [1.29, 1.82) is 0 Å². The van der Waals surface area contributed by atoms with E-state index in [0.717, 1.165) is 42.3 Å². The highest BCUT2D eigenvalue weighted by molar-refractivity contribution is 14.0. The third kappa shape index (κ3) is 5.16. The number of rotatable bonds is 7. The minimum atomic E-state index is -0.112. The zero-order chi connectivity index (χ0) is 17.7. The largest absolute Gasteiger partial charge is 0.357 e. The van der Waals surface area contributed by atoms with Crippen molar-refractivity contribution in [3.8, 4) is 0 Å². The van der Waals surface area contributed by atoms with Crippen LogP contribution >= 0.6 is 35.3 Å². The van der Waals surface area contributed by atoms with Gasteiger partial charge in [0.15, 0.2) is 5.96 Å². The highest BCUT2D eigenvalue weighted by Crippen LogP contribution is 2.48.